The molecule has 0 N–H and O–H groups in total. The molecule has 1 aliphatic rings. The van der Waals surface area contributed by atoms with E-state index in [1.54, 1.807) is 18.3 Å². The largest absolute Gasteiger partial charge is 0.473 e. The molecule has 1 atom stereocenters. The number of pyridine rings is 1. The Morgan fingerprint density at radius 1 is 1.38 bits per heavy atom. The Labute approximate surface area is 131 Å². The van der Waals surface area contributed by atoms with Crippen molar-refractivity contribution in [2.24, 2.45) is 0 Å². The van der Waals surface area contributed by atoms with Gasteiger partial charge in [-0.1, -0.05) is 0 Å². The Kier molecular flexibility index (Phi) is 5.51. The molecule has 4 nitrogen and oxygen atoms in total. The van der Waals surface area contributed by atoms with Crippen molar-refractivity contribution in [3.05, 3.63) is 23.9 Å². The number of hydrogen-bond donors (Lipinski definition) is 0. The fourth-order valence-corrected chi connectivity index (χ4v) is 3.69. The average Bonchev–Trinajstić information content (AvgIpc) is 2.91. The van der Waals surface area contributed by atoms with Crippen LogP contribution in [0.25, 0.3) is 0 Å². The van der Waals surface area contributed by atoms with E-state index in [-0.39, 0.29) is 24.1 Å². The van der Waals surface area contributed by atoms with E-state index >= 15 is 0 Å². The van der Waals surface area contributed by atoms with E-state index in [1.165, 1.54) is 0 Å². The van der Waals surface area contributed by atoms with Gasteiger partial charge in [0.2, 0.25) is 5.88 Å². The molecular formula is C16H24N2O2S. The number of rotatable bonds is 5. The Bertz CT molecular complexity index is 477. The Balaban J connectivity index is 2.13. The number of carbonyl (C=O) groups excluding carboxylic acids is 1. The molecule has 2 heterocycles. The number of nitrogens with zero attached hydrogens (tertiary/aromatic N) is 2. The predicted molar refractivity (Wildman–Crippen MR) is 87.0 cm³/mol. The fourth-order valence-electron chi connectivity index (χ4n) is 2.60. The first-order valence-electron chi connectivity index (χ1n) is 7.52. The van der Waals surface area contributed by atoms with Crippen molar-refractivity contribution in [2.45, 2.75) is 52.3 Å². The Morgan fingerprint density at radius 2 is 2.10 bits per heavy atom. The molecule has 0 saturated carbocycles. The summed E-state index contributed by atoms with van der Waals surface area (Å²) in [5.41, 5.74) is 0.646. The molecule has 116 valence electrons. The number of ether oxygens (including phenoxy) is 1. The maximum atomic E-state index is 12.7. The lowest BCUT2D eigenvalue weighted by atomic mass is 10.1. The van der Waals surface area contributed by atoms with Gasteiger partial charge in [-0.2, -0.15) is 11.8 Å². The molecule has 0 bridgehead atoms. The smallest absolute Gasteiger partial charge is 0.254 e. The first-order valence-corrected chi connectivity index (χ1v) is 8.67. The molecule has 1 aromatic heterocycles. The minimum Gasteiger partial charge on any atom is -0.473 e. The molecule has 0 spiro atoms. The van der Waals surface area contributed by atoms with Crippen molar-refractivity contribution < 1.29 is 9.53 Å². The minimum atomic E-state index is 0.0352. The normalized spacial score (nSPS) is 18.3. The second kappa shape index (κ2) is 7.16. The molecular weight excluding hydrogens is 284 g/mol. The lowest BCUT2D eigenvalue weighted by Gasteiger charge is -2.30. The van der Waals surface area contributed by atoms with Gasteiger partial charge in [-0.25, -0.2) is 4.98 Å². The molecule has 2 rings (SSSR count). The summed E-state index contributed by atoms with van der Waals surface area (Å²) < 4.78 is 5.86. The van der Waals surface area contributed by atoms with E-state index in [0.717, 1.165) is 17.9 Å². The van der Waals surface area contributed by atoms with Crippen LogP contribution in [0.3, 0.4) is 0 Å². The number of carbonyl (C=O) groups is 1. The summed E-state index contributed by atoms with van der Waals surface area (Å²) in [6.45, 7) is 8.14. The maximum absolute atomic E-state index is 12.7. The maximum Gasteiger partial charge on any atom is 0.254 e. The van der Waals surface area contributed by atoms with Gasteiger partial charge < -0.3 is 9.64 Å². The molecule has 0 radical (unpaired) electrons. The van der Waals surface area contributed by atoms with Gasteiger partial charge in [0.1, 0.15) is 6.10 Å². The SMILES string of the molecule is CC(C)N(C(=O)c1ccnc(OC2CCSC2)c1)C(C)C. The van der Waals surface area contributed by atoms with E-state index in [4.69, 9.17) is 4.74 Å². The monoisotopic (exact) mass is 308 g/mol. The van der Waals surface area contributed by atoms with Crippen LogP contribution in [0.5, 0.6) is 5.88 Å². The topological polar surface area (TPSA) is 42.4 Å². The number of thioether (sulfide) groups is 1. The molecule has 1 aromatic rings. The standard InChI is InChI=1S/C16H24N2O2S/c1-11(2)18(12(3)4)16(19)13-5-7-17-15(9-13)20-14-6-8-21-10-14/h5,7,9,11-12,14H,6,8,10H2,1-4H3. The summed E-state index contributed by atoms with van der Waals surface area (Å²) >= 11 is 1.90. The van der Waals surface area contributed by atoms with E-state index in [2.05, 4.69) is 4.98 Å². The van der Waals surface area contributed by atoms with Crippen LogP contribution in [-0.4, -0.2) is 45.5 Å². The zero-order valence-electron chi connectivity index (χ0n) is 13.2. The molecule has 0 aromatic carbocycles. The molecule has 1 fully saturated rings. The number of aromatic nitrogens is 1. The molecule has 1 amide bonds. The second-order valence-corrected chi connectivity index (χ2v) is 7.04. The van der Waals surface area contributed by atoms with Crippen LogP contribution >= 0.6 is 11.8 Å². The van der Waals surface area contributed by atoms with Crippen LogP contribution < -0.4 is 4.74 Å². The molecule has 1 aliphatic heterocycles. The van der Waals surface area contributed by atoms with Gasteiger partial charge in [-0.15, -0.1) is 0 Å². The van der Waals surface area contributed by atoms with Crippen LogP contribution in [0.15, 0.2) is 18.3 Å². The van der Waals surface area contributed by atoms with Crippen molar-refractivity contribution in [1.82, 2.24) is 9.88 Å². The van der Waals surface area contributed by atoms with Gasteiger partial charge in [0.05, 0.1) is 0 Å². The highest BCUT2D eigenvalue weighted by Crippen LogP contribution is 2.23. The molecule has 5 heteroatoms. The summed E-state index contributed by atoms with van der Waals surface area (Å²) in [5, 5.41) is 0. The van der Waals surface area contributed by atoms with E-state index < -0.39 is 0 Å². The van der Waals surface area contributed by atoms with E-state index in [0.29, 0.717) is 11.4 Å². The van der Waals surface area contributed by atoms with Gasteiger partial charge in [0, 0.05) is 35.7 Å². The third kappa shape index (κ3) is 4.13. The van der Waals surface area contributed by atoms with Crippen molar-refractivity contribution in [3.63, 3.8) is 0 Å². The quantitative estimate of drug-likeness (QED) is 0.837. The van der Waals surface area contributed by atoms with Crippen LogP contribution in [-0.2, 0) is 0 Å². The third-order valence-corrected chi connectivity index (χ3v) is 4.64. The van der Waals surface area contributed by atoms with Gasteiger partial charge in [-0.05, 0) is 45.9 Å². The van der Waals surface area contributed by atoms with E-state index in [1.807, 2.05) is 44.4 Å². The summed E-state index contributed by atoms with van der Waals surface area (Å²) in [6.07, 6.45) is 2.93. The minimum absolute atomic E-state index is 0.0352. The summed E-state index contributed by atoms with van der Waals surface area (Å²) in [5.74, 6) is 2.73. The van der Waals surface area contributed by atoms with Gasteiger partial charge >= 0.3 is 0 Å². The lowest BCUT2D eigenvalue weighted by molar-refractivity contribution is 0.0642. The first-order chi connectivity index (χ1) is 9.99. The van der Waals surface area contributed by atoms with Gasteiger partial charge in [-0.3, -0.25) is 4.79 Å². The van der Waals surface area contributed by atoms with E-state index in [9.17, 15) is 4.79 Å². The zero-order chi connectivity index (χ0) is 15.4. The highest BCUT2D eigenvalue weighted by atomic mass is 32.2. The lowest BCUT2D eigenvalue weighted by Crippen LogP contribution is -2.42. The Hall–Kier alpha value is -1.23. The first kappa shape index (κ1) is 16.1. The highest BCUT2D eigenvalue weighted by molar-refractivity contribution is 7.99. The van der Waals surface area contributed by atoms with Crippen LogP contribution in [0, 0.1) is 0 Å². The molecule has 1 saturated heterocycles. The number of amides is 1. The third-order valence-electron chi connectivity index (χ3n) is 3.50. The van der Waals surface area contributed by atoms with Crippen molar-refractivity contribution in [1.29, 1.82) is 0 Å². The van der Waals surface area contributed by atoms with Crippen LogP contribution in [0.2, 0.25) is 0 Å². The van der Waals surface area contributed by atoms with Gasteiger partial charge in [0.15, 0.2) is 0 Å². The summed E-state index contributed by atoms with van der Waals surface area (Å²) in [7, 11) is 0. The predicted octanol–water partition coefficient (Wildman–Crippen LogP) is 3.22. The fraction of sp³-hybridized carbons (Fsp3) is 0.625. The average molecular weight is 308 g/mol. The van der Waals surface area contributed by atoms with Crippen molar-refractivity contribution in [3.8, 4) is 5.88 Å². The van der Waals surface area contributed by atoms with Crippen LogP contribution in [0.1, 0.15) is 44.5 Å². The molecule has 21 heavy (non-hydrogen) atoms. The summed E-state index contributed by atoms with van der Waals surface area (Å²) in [6, 6.07) is 3.86. The Morgan fingerprint density at radius 3 is 2.67 bits per heavy atom. The summed E-state index contributed by atoms with van der Waals surface area (Å²) in [4.78, 5) is 18.8. The zero-order valence-corrected chi connectivity index (χ0v) is 14.0. The van der Waals surface area contributed by atoms with Crippen molar-refractivity contribution >= 4 is 17.7 Å². The van der Waals surface area contributed by atoms with Crippen molar-refractivity contribution in [2.75, 3.05) is 11.5 Å². The molecule has 0 aliphatic carbocycles. The highest BCUT2D eigenvalue weighted by Gasteiger charge is 2.23. The van der Waals surface area contributed by atoms with Gasteiger partial charge in [0.25, 0.3) is 5.91 Å². The molecule has 1 unspecified atom stereocenters. The second-order valence-electron chi connectivity index (χ2n) is 5.89. The van der Waals surface area contributed by atoms with Crippen LogP contribution in [0.4, 0.5) is 0 Å². The number of hydrogen-bond acceptors (Lipinski definition) is 4.